The fraction of sp³-hybridized carbons (Fsp3) is 0.667. The Morgan fingerprint density at radius 1 is 1.23 bits per heavy atom. The molecule has 1 aromatic rings. The molecule has 1 atom stereocenters. The summed E-state index contributed by atoms with van der Waals surface area (Å²) in [7, 11) is 1.72. The highest BCUT2D eigenvalue weighted by atomic mass is 16.5. The van der Waals surface area contributed by atoms with Crippen LogP contribution in [0.15, 0.2) is 18.2 Å². The standard InChI is InChI=1S/C18H28N2O2/c1-3-22-17-7-6-15(13-18(17)21-2)16(12-14-4-5-14)20-10-8-19-9-11-20/h6-7,13-14,16,19H,3-5,8-12H2,1-2H3/t16-/m0/s1. The Kier molecular flexibility index (Phi) is 5.21. The SMILES string of the molecule is CCOc1ccc([C@H](CC2CC2)N2CCNCC2)cc1OC. The fourth-order valence-electron chi connectivity index (χ4n) is 3.33. The van der Waals surface area contributed by atoms with Gasteiger partial charge in [0.25, 0.3) is 0 Å². The van der Waals surface area contributed by atoms with Crippen LogP contribution in [0.25, 0.3) is 0 Å². The van der Waals surface area contributed by atoms with Crippen molar-refractivity contribution in [1.82, 2.24) is 10.2 Å². The molecule has 2 aliphatic rings. The van der Waals surface area contributed by atoms with Gasteiger partial charge in [-0.05, 0) is 37.0 Å². The lowest BCUT2D eigenvalue weighted by molar-refractivity contribution is 0.160. The van der Waals surface area contributed by atoms with Crippen molar-refractivity contribution in [2.45, 2.75) is 32.2 Å². The second-order valence-corrected chi connectivity index (χ2v) is 6.32. The molecule has 0 radical (unpaired) electrons. The van der Waals surface area contributed by atoms with Crippen molar-refractivity contribution in [3.05, 3.63) is 23.8 Å². The third kappa shape index (κ3) is 3.73. The Labute approximate surface area is 133 Å². The van der Waals surface area contributed by atoms with Crippen LogP contribution in [0.2, 0.25) is 0 Å². The quantitative estimate of drug-likeness (QED) is 0.840. The summed E-state index contributed by atoms with van der Waals surface area (Å²) in [4.78, 5) is 2.63. The molecule has 1 saturated carbocycles. The van der Waals surface area contributed by atoms with Gasteiger partial charge in [-0.2, -0.15) is 0 Å². The summed E-state index contributed by atoms with van der Waals surface area (Å²) < 4.78 is 11.2. The van der Waals surface area contributed by atoms with Crippen LogP contribution in [0, 0.1) is 5.92 Å². The molecule has 3 rings (SSSR count). The van der Waals surface area contributed by atoms with E-state index in [0.717, 1.165) is 43.6 Å². The van der Waals surface area contributed by atoms with Crippen LogP contribution in [0.5, 0.6) is 11.5 Å². The number of nitrogens with zero attached hydrogens (tertiary/aromatic N) is 1. The van der Waals surface area contributed by atoms with Gasteiger partial charge in [-0.1, -0.05) is 18.9 Å². The molecule has 1 aliphatic heterocycles. The molecule has 2 fully saturated rings. The van der Waals surface area contributed by atoms with Crippen LogP contribution < -0.4 is 14.8 Å². The average Bonchev–Trinajstić information content (AvgIpc) is 3.38. The summed E-state index contributed by atoms with van der Waals surface area (Å²) in [6, 6.07) is 6.99. The molecule has 0 bridgehead atoms. The van der Waals surface area contributed by atoms with Gasteiger partial charge in [0.1, 0.15) is 0 Å². The Morgan fingerprint density at radius 3 is 2.64 bits per heavy atom. The van der Waals surface area contributed by atoms with Crippen molar-refractivity contribution < 1.29 is 9.47 Å². The molecular weight excluding hydrogens is 276 g/mol. The van der Waals surface area contributed by atoms with Crippen LogP contribution >= 0.6 is 0 Å². The molecule has 1 aliphatic carbocycles. The summed E-state index contributed by atoms with van der Waals surface area (Å²) >= 11 is 0. The lowest BCUT2D eigenvalue weighted by Gasteiger charge is -2.35. The van der Waals surface area contributed by atoms with Crippen molar-refractivity contribution in [3.63, 3.8) is 0 Å². The van der Waals surface area contributed by atoms with Crippen LogP contribution in [0.3, 0.4) is 0 Å². The largest absolute Gasteiger partial charge is 0.493 e. The number of ether oxygens (including phenoxy) is 2. The van der Waals surface area contributed by atoms with E-state index in [0.29, 0.717) is 12.6 Å². The topological polar surface area (TPSA) is 33.7 Å². The van der Waals surface area contributed by atoms with E-state index in [2.05, 4.69) is 28.4 Å². The zero-order valence-corrected chi connectivity index (χ0v) is 13.8. The van der Waals surface area contributed by atoms with E-state index in [1.807, 2.05) is 6.92 Å². The normalized spacial score (nSPS) is 20.6. The first kappa shape index (κ1) is 15.6. The Morgan fingerprint density at radius 2 is 2.00 bits per heavy atom. The highest BCUT2D eigenvalue weighted by Gasteiger charge is 2.30. The Hall–Kier alpha value is -1.26. The Bertz CT molecular complexity index is 482. The number of benzene rings is 1. The van der Waals surface area contributed by atoms with Gasteiger partial charge in [-0.15, -0.1) is 0 Å². The number of piperazine rings is 1. The first-order valence-electron chi connectivity index (χ1n) is 8.57. The summed E-state index contributed by atoms with van der Waals surface area (Å²) in [5.74, 6) is 2.62. The molecule has 122 valence electrons. The van der Waals surface area contributed by atoms with Gasteiger partial charge >= 0.3 is 0 Å². The second kappa shape index (κ2) is 7.34. The summed E-state index contributed by atoms with van der Waals surface area (Å²) in [6.07, 6.45) is 4.07. The predicted octanol–water partition coefficient (Wildman–Crippen LogP) is 2.84. The molecule has 22 heavy (non-hydrogen) atoms. The Balaban J connectivity index is 1.82. The van der Waals surface area contributed by atoms with Crippen molar-refractivity contribution >= 4 is 0 Å². The molecule has 0 spiro atoms. The van der Waals surface area contributed by atoms with Crippen molar-refractivity contribution in [1.29, 1.82) is 0 Å². The van der Waals surface area contributed by atoms with Crippen LogP contribution in [0.4, 0.5) is 0 Å². The van der Waals surface area contributed by atoms with Crippen molar-refractivity contribution in [2.24, 2.45) is 5.92 Å². The molecular formula is C18H28N2O2. The van der Waals surface area contributed by atoms with Gasteiger partial charge in [0.15, 0.2) is 11.5 Å². The monoisotopic (exact) mass is 304 g/mol. The molecule has 4 heteroatoms. The zero-order valence-electron chi connectivity index (χ0n) is 13.8. The molecule has 1 aromatic carbocycles. The number of rotatable bonds is 7. The molecule has 1 saturated heterocycles. The number of hydrogen-bond acceptors (Lipinski definition) is 4. The minimum atomic E-state index is 0.513. The average molecular weight is 304 g/mol. The van der Waals surface area contributed by atoms with Gasteiger partial charge in [-0.3, -0.25) is 4.90 Å². The van der Waals surface area contributed by atoms with Crippen LogP contribution in [-0.2, 0) is 0 Å². The summed E-state index contributed by atoms with van der Waals surface area (Å²) in [5, 5.41) is 3.45. The van der Waals surface area contributed by atoms with Crippen LogP contribution in [0.1, 0.15) is 37.8 Å². The fourth-order valence-corrected chi connectivity index (χ4v) is 3.33. The van der Waals surface area contributed by atoms with E-state index in [1.165, 1.54) is 24.8 Å². The highest BCUT2D eigenvalue weighted by Crippen LogP contribution is 2.41. The van der Waals surface area contributed by atoms with Gasteiger partial charge < -0.3 is 14.8 Å². The zero-order chi connectivity index (χ0) is 15.4. The van der Waals surface area contributed by atoms with Crippen molar-refractivity contribution in [3.8, 4) is 11.5 Å². The molecule has 0 unspecified atom stereocenters. The van der Waals surface area contributed by atoms with E-state index in [9.17, 15) is 0 Å². The van der Waals surface area contributed by atoms with Crippen molar-refractivity contribution in [2.75, 3.05) is 39.9 Å². The molecule has 4 nitrogen and oxygen atoms in total. The van der Waals surface area contributed by atoms with Gasteiger partial charge in [0.05, 0.1) is 13.7 Å². The van der Waals surface area contributed by atoms with E-state index < -0.39 is 0 Å². The maximum absolute atomic E-state index is 5.65. The molecule has 0 aromatic heterocycles. The van der Waals surface area contributed by atoms with E-state index >= 15 is 0 Å². The number of hydrogen-bond donors (Lipinski definition) is 1. The number of methoxy groups -OCH3 is 1. The lowest BCUT2D eigenvalue weighted by Crippen LogP contribution is -2.45. The molecule has 1 N–H and O–H groups in total. The third-order valence-corrected chi connectivity index (χ3v) is 4.72. The molecule has 1 heterocycles. The second-order valence-electron chi connectivity index (χ2n) is 6.32. The van der Waals surface area contributed by atoms with Crippen LogP contribution in [-0.4, -0.2) is 44.8 Å². The van der Waals surface area contributed by atoms with Gasteiger partial charge in [0, 0.05) is 32.2 Å². The lowest BCUT2D eigenvalue weighted by atomic mass is 9.98. The van der Waals surface area contributed by atoms with Gasteiger partial charge in [-0.25, -0.2) is 0 Å². The maximum atomic E-state index is 5.65. The highest BCUT2D eigenvalue weighted by molar-refractivity contribution is 5.44. The van der Waals surface area contributed by atoms with E-state index in [1.54, 1.807) is 7.11 Å². The summed E-state index contributed by atoms with van der Waals surface area (Å²) in [6.45, 7) is 7.12. The predicted molar refractivity (Wildman–Crippen MR) is 88.7 cm³/mol. The summed E-state index contributed by atoms with van der Waals surface area (Å²) in [5.41, 5.74) is 1.37. The molecule has 0 amide bonds. The minimum Gasteiger partial charge on any atom is -0.493 e. The van der Waals surface area contributed by atoms with E-state index in [4.69, 9.17) is 9.47 Å². The minimum absolute atomic E-state index is 0.513. The first-order valence-corrected chi connectivity index (χ1v) is 8.57. The smallest absolute Gasteiger partial charge is 0.161 e. The van der Waals surface area contributed by atoms with Gasteiger partial charge in [0.2, 0.25) is 0 Å². The van der Waals surface area contributed by atoms with E-state index in [-0.39, 0.29) is 0 Å². The maximum Gasteiger partial charge on any atom is 0.161 e. The first-order chi connectivity index (χ1) is 10.8. The number of nitrogens with one attached hydrogen (secondary N) is 1. The third-order valence-electron chi connectivity index (χ3n) is 4.72.